The molecule has 1 aromatic carbocycles. The van der Waals surface area contributed by atoms with Crippen molar-refractivity contribution in [3.63, 3.8) is 0 Å². The molecule has 1 aromatic rings. The van der Waals surface area contributed by atoms with Crippen molar-refractivity contribution in [2.45, 2.75) is 26.7 Å². The monoisotopic (exact) mass is 232 g/mol. The first-order chi connectivity index (χ1) is 8.16. The van der Waals surface area contributed by atoms with E-state index in [1.54, 1.807) is 0 Å². The summed E-state index contributed by atoms with van der Waals surface area (Å²) in [6.45, 7) is 5.97. The smallest absolute Gasteiger partial charge is 0.227 e. The predicted octanol–water partition coefficient (Wildman–Crippen LogP) is 2.24. The van der Waals surface area contributed by atoms with Crippen LogP contribution >= 0.6 is 0 Å². The van der Waals surface area contributed by atoms with Gasteiger partial charge in [0, 0.05) is 11.6 Å². The molecule has 0 spiro atoms. The summed E-state index contributed by atoms with van der Waals surface area (Å²) in [6.07, 6.45) is 1.88. The lowest BCUT2D eigenvalue weighted by Gasteiger charge is -2.22. The topological polar surface area (TPSA) is 41.1 Å². The number of carbonyl (C=O) groups excluding carboxylic acids is 1. The molecule has 2 rings (SSSR count). The first kappa shape index (κ1) is 12.1. The minimum atomic E-state index is 0.163. The first-order valence-corrected chi connectivity index (χ1v) is 6.25. The number of hydrogen-bond donors (Lipinski definition) is 2. The van der Waals surface area contributed by atoms with Crippen LogP contribution in [-0.2, 0) is 4.79 Å². The number of hydrogen-bond acceptors (Lipinski definition) is 2. The Kier molecular flexibility index (Phi) is 3.79. The summed E-state index contributed by atoms with van der Waals surface area (Å²) >= 11 is 0. The third-order valence-corrected chi connectivity index (χ3v) is 3.36. The maximum absolute atomic E-state index is 12.1. The fourth-order valence-corrected chi connectivity index (χ4v) is 2.19. The van der Waals surface area contributed by atoms with E-state index in [1.807, 2.05) is 26.0 Å². The van der Waals surface area contributed by atoms with Crippen LogP contribution in [0.15, 0.2) is 18.2 Å². The molecule has 17 heavy (non-hydrogen) atoms. The summed E-state index contributed by atoms with van der Waals surface area (Å²) in [5.74, 6) is 0.330. The predicted molar refractivity (Wildman–Crippen MR) is 70.1 cm³/mol. The molecular formula is C14H20N2O. The van der Waals surface area contributed by atoms with Crippen LogP contribution < -0.4 is 10.6 Å². The number of anilines is 1. The molecule has 1 heterocycles. The van der Waals surface area contributed by atoms with Gasteiger partial charge in [-0.1, -0.05) is 12.1 Å². The molecule has 1 aliphatic heterocycles. The third kappa shape index (κ3) is 3.07. The highest BCUT2D eigenvalue weighted by Gasteiger charge is 2.21. The Morgan fingerprint density at radius 1 is 1.29 bits per heavy atom. The van der Waals surface area contributed by atoms with Crippen molar-refractivity contribution in [2.24, 2.45) is 5.92 Å². The standard InChI is InChI=1S/C14H20N2O/c1-10-3-4-11(2)13(9-10)16-14(17)12-5-7-15-8-6-12/h3-4,9,12,15H,5-8H2,1-2H3,(H,16,17). The Hall–Kier alpha value is -1.35. The lowest BCUT2D eigenvalue weighted by molar-refractivity contribution is -0.120. The minimum Gasteiger partial charge on any atom is -0.326 e. The van der Waals surface area contributed by atoms with E-state index >= 15 is 0 Å². The largest absolute Gasteiger partial charge is 0.326 e. The van der Waals surface area contributed by atoms with Crippen molar-refractivity contribution in [3.05, 3.63) is 29.3 Å². The molecule has 0 unspecified atom stereocenters. The molecule has 1 aliphatic rings. The van der Waals surface area contributed by atoms with Gasteiger partial charge in [0.2, 0.25) is 5.91 Å². The zero-order valence-corrected chi connectivity index (χ0v) is 10.5. The molecular weight excluding hydrogens is 212 g/mol. The zero-order chi connectivity index (χ0) is 12.3. The van der Waals surface area contributed by atoms with E-state index in [9.17, 15) is 4.79 Å². The Labute approximate surface area is 103 Å². The zero-order valence-electron chi connectivity index (χ0n) is 10.5. The number of amides is 1. The molecule has 0 saturated carbocycles. The molecule has 3 nitrogen and oxygen atoms in total. The third-order valence-electron chi connectivity index (χ3n) is 3.36. The highest BCUT2D eigenvalue weighted by Crippen LogP contribution is 2.19. The lowest BCUT2D eigenvalue weighted by atomic mass is 9.97. The maximum atomic E-state index is 12.1. The number of rotatable bonds is 2. The summed E-state index contributed by atoms with van der Waals surface area (Å²) in [5, 5.41) is 6.33. The van der Waals surface area contributed by atoms with Crippen LogP contribution in [0.1, 0.15) is 24.0 Å². The fraction of sp³-hybridized carbons (Fsp3) is 0.500. The van der Waals surface area contributed by atoms with Gasteiger partial charge in [0.1, 0.15) is 0 Å². The molecule has 2 N–H and O–H groups in total. The molecule has 0 bridgehead atoms. The van der Waals surface area contributed by atoms with E-state index in [0.717, 1.165) is 37.2 Å². The lowest BCUT2D eigenvalue weighted by Crippen LogP contribution is -2.34. The summed E-state index contributed by atoms with van der Waals surface area (Å²) < 4.78 is 0. The van der Waals surface area contributed by atoms with Gasteiger partial charge in [0.25, 0.3) is 0 Å². The molecule has 0 radical (unpaired) electrons. The van der Waals surface area contributed by atoms with Gasteiger partial charge < -0.3 is 10.6 Å². The number of piperidine rings is 1. The van der Waals surface area contributed by atoms with Gasteiger partial charge in [0.05, 0.1) is 0 Å². The summed E-state index contributed by atoms with van der Waals surface area (Å²) in [5.41, 5.74) is 3.25. The van der Waals surface area contributed by atoms with Crippen molar-refractivity contribution in [3.8, 4) is 0 Å². The van der Waals surface area contributed by atoms with Gasteiger partial charge in [0.15, 0.2) is 0 Å². The quantitative estimate of drug-likeness (QED) is 0.821. The Morgan fingerprint density at radius 2 is 2.00 bits per heavy atom. The van der Waals surface area contributed by atoms with Crippen LogP contribution in [0.2, 0.25) is 0 Å². The van der Waals surface area contributed by atoms with E-state index in [2.05, 4.69) is 16.7 Å². The van der Waals surface area contributed by atoms with Gasteiger partial charge >= 0.3 is 0 Å². The molecule has 1 fully saturated rings. The Morgan fingerprint density at radius 3 is 2.71 bits per heavy atom. The second-order valence-corrected chi connectivity index (χ2v) is 4.83. The summed E-state index contributed by atoms with van der Waals surface area (Å²) in [4.78, 5) is 12.1. The number of benzene rings is 1. The van der Waals surface area contributed by atoms with Crippen LogP contribution in [0.25, 0.3) is 0 Å². The summed E-state index contributed by atoms with van der Waals surface area (Å²) in [6, 6.07) is 6.15. The SMILES string of the molecule is Cc1ccc(C)c(NC(=O)C2CCNCC2)c1. The van der Waals surface area contributed by atoms with E-state index in [1.165, 1.54) is 5.56 Å². The van der Waals surface area contributed by atoms with Crippen LogP contribution in [0, 0.1) is 19.8 Å². The first-order valence-electron chi connectivity index (χ1n) is 6.25. The van der Waals surface area contributed by atoms with Gasteiger partial charge in [-0.3, -0.25) is 4.79 Å². The van der Waals surface area contributed by atoms with Gasteiger partial charge in [-0.2, -0.15) is 0 Å². The van der Waals surface area contributed by atoms with Gasteiger partial charge in [-0.15, -0.1) is 0 Å². The second-order valence-electron chi connectivity index (χ2n) is 4.83. The second kappa shape index (κ2) is 5.32. The average Bonchev–Trinajstić information content (AvgIpc) is 2.35. The molecule has 0 atom stereocenters. The fourth-order valence-electron chi connectivity index (χ4n) is 2.19. The number of aryl methyl sites for hydroxylation is 2. The van der Waals surface area contributed by atoms with Crippen molar-refractivity contribution in [1.29, 1.82) is 0 Å². The minimum absolute atomic E-state index is 0.163. The van der Waals surface area contributed by atoms with Crippen LogP contribution in [-0.4, -0.2) is 19.0 Å². The average molecular weight is 232 g/mol. The number of carbonyl (C=O) groups is 1. The normalized spacial score (nSPS) is 16.8. The van der Waals surface area contributed by atoms with E-state index in [-0.39, 0.29) is 11.8 Å². The maximum Gasteiger partial charge on any atom is 0.227 e. The van der Waals surface area contributed by atoms with Gasteiger partial charge in [-0.05, 0) is 57.0 Å². The Balaban J connectivity index is 2.04. The van der Waals surface area contributed by atoms with E-state index < -0.39 is 0 Å². The summed E-state index contributed by atoms with van der Waals surface area (Å²) in [7, 11) is 0. The highest BCUT2D eigenvalue weighted by atomic mass is 16.1. The molecule has 0 aromatic heterocycles. The van der Waals surface area contributed by atoms with Crippen molar-refractivity contribution < 1.29 is 4.79 Å². The van der Waals surface area contributed by atoms with E-state index in [4.69, 9.17) is 0 Å². The van der Waals surface area contributed by atoms with Crippen LogP contribution in [0.4, 0.5) is 5.69 Å². The molecule has 92 valence electrons. The van der Waals surface area contributed by atoms with Crippen molar-refractivity contribution in [1.82, 2.24) is 5.32 Å². The van der Waals surface area contributed by atoms with Crippen molar-refractivity contribution in [2.75, 3.05) is 18.4 Å². The molecule has 0 aliphatic carbocycles. The van der Waals surface area contributed by atoms with Crippen LogP contribution in [0.3, 0.4) is 0 Å². The molecule has 1 saturated heterocycles. The molecule has 1 amide bonds. The van der Waals surface area contributed by atoms with Crippen LogP contribution in [0.5, 0.6) is 0 Å². The van der Waals surface area contributed by atoms with Gasteiger partial charge in [-0.25, -0.2) is 0 Å². The van der Waals surface area contributed by atoms with E-state index in [0.29, 0.717) is 0 Å². The Bertz CT molecular complexity index is 409. The van der Waals surface area contributed by atoms with Crippen molar-refractivity contribution >= 4 is 11.6 Å². The molecule has 3 heteroatoms. The highest BCUT2D eigenvalue weighted by molar-refractivity contribution is 5.93. The number of nitrogens with one attached hydrogen (secondary N) is 2.